The molecule has 0 unspecified atom stereocenters. The lowest BCUT2D eigenvalue weighted by atomic mass is 10.0. The number of hydrogen-bond acceptors (Lipinski definition) is 11. The standard InChI is InChI=1S/C20H31N3O4.C17H27N3O4.C4H8S/c1-14(2)21-13-16-10-8-15(9-11-16)12-17(18(24)23(6)26-7)22-19(25)27-20(3,4)5;1-17(2,3)24-16(22)19-14(15(21)20(4)23-5)10-12-6-8-13(11-18)9-7-12;1-4(2)5-3/h8-11,17,21H,1,12-13H2,2-7H3,(H,22,25);6-9,14H,10-11,18H2,1-5H3,(H,19,22);1H2,2-3H3/t17-;14-;/m00./s1. The first-order chi connectivity index (χ1) is 25.9. The van der Waals surface area contributed by atoms with Crippen LogP contribution in [0.25, 0.3) is 0 Å². The Morgan fingerprint density at radius 2 is 1.02 bits per heavy atom. The zero-order valence-electron chi connectivity index (χ0n) is 35.7. The van der Waals surface area contributed by atoms with Gasteiger partial charge in [-0.05, 0) is 88.8 Å². The van der Waals surface area contributed by atoms with Crippen LogP contribution in [-0.4, -0.2) is 92.0 Å². The van der Waals surface area contributed by atoms with Crippen molar-refractivity contribution in [3.8, 4) is 0 Å². The van der Waals surface area contributed by atoms with Crippen LogP contribution in [0.1, 0.15) is 77.6 Å². The fraction of sp³-hybridized carbons (Fsp3) is 0.512. The first kappa shape index (κ1) is 51.4. The molecule has 0 aliphatic rings. The van der Waals surface area contributed by atoms with E-state index in [1.54, 1.807) is 53.3 Å². The summed E-state index contributed by atoms with van der Waals surface area (Å²) in [5.74, 6) is -0.734. The summed E-state index contributed by atoms with van der Waals surface area (Å²) in [6, 6.07) is 13.8. The summed E-state index contributed by atoms with van der Waals surface area (Å²) in [5.41, 5.74) is 9.08. The van der Waals surface area contributed by atoms with E-state index >= 15 is 0 Å². The highest BCUT2D eigenvalue weighted by atomic mass is 32.2. The predicted octanol–water partition coefficient (Wildman–Crippen LogP) is 6.25. The molecule has 15 heteroatoms. The van der Waals surface area contributed by atoms with Crippen molar-refractivity contribution in [2.75, 3.05) is 34.6 Å². The van der Waals surface area contributed by atoms with Crippen LogP contribution < -0.4 is 21.7 Å². The van der Waals surface area contributed by atoms with E-state index in [1.807, 2.05) is 68.6 Å². The molecule has 2 aromatic rings. The third kappa shape index (κ3) is 23.4. The van der Waals surface area contributed by atoms with Crippen LogP contribution in [0.4, 0.5) is 9.59 Å². The van der Waals surface area contributed by atoms with E-state index in [4.69, 9.17) is 24.9 Å². The van der Waals surface area contributed by atoms with Gasteiger partial charge in [0.15, 0.2) is 0 Å². The molecule has 314 valence electrons. The van der Waals surface area contributed by atoms with Gasteiger partial charge >= 0.3 is 12.2 Å². The second kappa shape index (κ2) is 25.6. The van der Waals surface area contributed by atoms with E-state index in [-0.39, 0.29) is 11.8 Å². The average Bonchev–Trinajstić information content (AvgIpc) is 3.11. The van der Waals surface area contributed by atoms with Crippen molar-refractivity contribution in [2.24, 2.45) is 5.73 Å². The highest BCUT2D eigenvalue weighted by Gasteiger charge is 2.28. The van der Waals surface area contributed by atoms with Crippen molar-refractivity contribution >= 4 is 35.8 Å². The number of rotatable bonds is 15. The lowest BCUT2D eigenvalue weighted by Crippen LogP contribution is -2.49. The van der Waals surface area contributed by atoms with Gasteiger partial charge in [0.25, 0.3) is 11.8 Å². The van der Waals surface area contributed by atoms with Crippen molar-refractivity contribution in [3.63, 3.8) is 0 Å². The number of nitrogens with one attached hydrogen (secondary N) is 3. The molecule has 0 spiro atoms. The van der Waals surface area contributed by atoms with Gasteiger partial charge in [0.1, 0.15) is 23.3 Å². The molecule has 0 radical (unpaired) electrons. The maximum absolute atomic E-state index is 12.5. The normalized spacial score (nSPS) is 11.8. The van der Waals surface area contributed by atoms with Crippen molar-refractivity contribution < 1.29 is 38.3 Å². The fourth-order valence-corrected chi connectivity index (χ4v) is 4.25. The number of ether oxygens (including phenoxy) is 2. The second-order valence-corrected chi connectivity index (χ2v) is 15.8. The van der Waals surface area contributed by atoms with Gasteiger partial charge in [-0.25, -0.2) is 19.7 Å². The van der Waals surface area contributed by atoms with Crippen LogP contribution in [0.5, 0.6) is 0 Å². The van der Waals surface area contributed by atoms with Crippen molar-refractivity contribution in [2.45, 2.75) is 105 Å². The van der Waals surface area contributed by atoms with Crippen molar-refractivity contribution in [3.05, 3.63) is 94.5 Å². The minimum atomic E-state index is -0.802. The minimum Gasteiger partial charge on any atom is -0.444 e. The number of nitrogens with zero attached hydrogens (tertiary/aromatic N) is 2. The number of benzene rings is 2. The molecular formula is C41H66N6O8S. The minimum absolute atomic E-state index is 0.316. The lowest BCUT2D eigenvalue weighted by molar-refractivity contribution is -0.171. The average molecular weight is 803 g/mol. The number of carbonyl (C=O) groups excluding carboxylic acids is 4. The van der Waals surface area contributed by atoms with Gasteiger partial charge in [-0.2, -0.15) is 0 Å². The molecule has 0 bridgehead atoms. The van der Waals surface area contributed by atoms with Crippen LogP contribution in [0.15, 0.2) is 72.3 Å². The van der Waals surface area contributed by atoms with Crippen LogP contribution in [0.3, 0.4) is 0 Å². The molecule has 0 saturated carbocycles. The molecule has 56 heavy (non-hydrogen) atoms. The topological polar surface area (TPSA) is 174 Å². The van der Waals surface area contributed by atoms with Crippen LogP contribution in [-0.2, 0) is 54.7 Å². The molecular weight excluding hydrogens is 737 g/mol. The number of alkyl carbamates (subject to hydrolysis) is 2. The monoisotopic (exact) mass is 802 g/mol. The molecule has 2 rings (SSSR count). The largest absolute Gasteiger partial charge is 0.444 e. The van der Waals surface area contributed by atoms with Gasteiger partial charge in [0.2, 0.25) is 0 Å². The van der Waals surface area contributed by atoms with Crippen LogP contribution in [0.2, 0.25) is 0 Å². The van der Waals surface area contributed by atoms with E-state index in [0.717, 1.165) is 38.1 Å². The first-order valence-corrected chi connectivity index (χ1v) is 19.2. The molecule has 4 amide bonds. The predicted molar refractivity (Wildman–Crippen MR) is 224 cm³/mol. The molecule has 0 aliphatic heterocycles. The molecule has 0 fully saturated rings. The van der Waals surface area contributed by atoms with E-state index < -0.39 is 35.5 Å². The quantitative estimate of drug-likeness (QED) is 0.150. The molecule has 0 saturated heterocycles. The Kier molecular flexibility index (Phi) is 23.5. The number of thioether (sulfide) groups is 1. The summed E-state index contributed by atoms with van der Waals surface area (Å²) in [5, 5.41) is 10.6. The lowest BCUT2D eigenvalue weighted by Gasteiger charge is -2.25. The number of hydrogen-bond donors (Lipinski definition) is 4. The van der Waals surface area contributed by atoms with Crippen molar-refractivity contribution in [1.29, 1.82) is 0 Å². The Labute approximate surface area is 338 Å². The smallest absolute Gasteiger partial charge is 0.408 e. The Bertz CT molecular complexity index is 1540. The summed E-state index contributed by atoms with van der Waals surface area (Å²) in [6.45, 7) is 23.0. The Morgan fingerprint density at radius 1 is 0.696 bits per heavy atom. The second-order valence-electron chi connectivity index (χ2n) is 14.7. The fourth-order valence-electron chi connectivity index (χ4n) is 4.25. The van der Waals surface area contributed by atoms with Crippen LogP contribution >= 0.6 is 11.8 Å². The summed E-state index contributed by atoms with van der Waals surface area (Å²) in [7, 11) is 5.77. The van der Waals surface area contributed by atoms with Gasteiger partial charge in [-0.3, -0.25) is 19.3 Å². The number of carbonyl (C=O) groups is 4. The number of nitrogens with two attached hydrogens (primary N) is 1. The van der Waals surface area contributed by atoms with Gasteiger partial charge in [0.05, 0.1) is 14.2 Å². The molecule has 0 aliphatic carbocycles. The Morgan fingerprint density at radius 3 is 1.29 bits per heavy atom. The number of likely N-dealkylation sites (N-methyl/N-ethyl adjacent to an activating group) is 2. The van der Waals surface area contributed by atoms with Crippen molar-refractivity contribution in [1.82, 2.24) is 26.1 Å². The third-order valence-electron chi connectivity index (χ3n) is 7.25. The molecule has 2 aromatic carbocycles. The van der Waals surface area contributed by atoms with E-state index in [2.05, 4.69) is 29.1 Å². The van der Waals surface area contributed by atoms with Gasteiger partial charge < -0.3 is 31.2 Å². The summed E-state index contributed by atoms with van der Waals surface area (Å²) in [4.78, 5) is 60.1. The van der Waals surface area contributed by atoms with Gasteiger partial charge in [-0.1, -0.05) is 61.7 Å². The summed E-state index contributed by atoms with van der Waals surface area (Å²) >= 11 is 1.69. The maximum Gasteiger partial charge on any atom is 0.408 e. The van der Waals surface area contributed by atoms with Crippen LogP contribution in [0, 0.1) is 0 Å². The zero-order chi connectivity index (χ0) is 43.2. The molecule has 0 heterocycles. The number of hydroxylamine groups is 4. The SMILES string of the molecule is C=C(C)NCc1ccc(C[C@H](NC(=O)OC(C)(C)C)C(=O)N(C)OC)cc1.C=C(C)SC.CON(C)C(=O)[C@H](Cc1ccc(CN)cc1)NC(=O)OC(C)(C)C. The van der Waals surface area contributed by atoms with Gasteiger partial charge in [0, 0.05) is 45.7 Å². The number of allylic oxidation sites excluding steroid dienone is 2. The number of amides is 4. The molecule has 2 atom stereocenters. The summed E-state index contributed by atoms with van der Waals surface area (Å²) in [6.07, 6.45) is 1.36. The van der Waals surface area contributed by atoms with E-state index in [1.165, 1.54) is 33.2 Å². The molecule has 5 N–H and O–H groups in total. The van der Waals surface area contributed by atoms with Gasteiger partial charge in [-0.15, -0.1) is 11.8 Å². The Hall–Kier alpha value is -4.57. The highest BCUT2D eigenvalue weighted by Crippen LogP contribution is 2.13. The Balaban J connectivity index is 0.000000968. The zero-order valence-corrected chi connectivity index (χ0v) is 36.5. The van der Waals surface area contributed by atoms with E-state index in [9.17, 15) is 19.2 Å². The highest BCUT2D eigenvalue weighted by molar-refractivity contribution is 8.02. The maximum atomic E-state index is 12.5. The first-order valence-electron chi connectivity index (χ1n) is 18.0. The third-order valence-corrected chi connectivity index (χ3v) is 7.95. The molecule has 14 nitrogen and oxygen atoms in total. The van der Waals surface area contributed by atoms with E-state index in [0.29, 0.717) is 25.9 Å². The summed E-state index contributed by atoms with van der Waals surface area (Å²) < 4.78 is 10.5. The molecule has 0 aromatic heterocycles.